The second kappa shape index (κ2) is 6.81. The molecule has 1 aliphatic heterocycles. The number of hydrogen-bond acceptors (Lipinski definition) is 4. The van der Waals surface area contributed by atoms with E-state index in [2.05, 4.69) is 34.0 Å². The van der Waals surface area contributed by atoms with Crippen molar-refractivity contribution in [2.24, 2.45) is 5.92 Å². The van der Waals surface area contributed by atoms with Gasteiger partial charge in [-0.25, -0.2) is 0 Å². The highest BCUT2D eigenvalue weighted by molar-refractivity contribution is 5.01. The Balaban J connectivity index is 1.82. The SMILES string of the molecule is CCNCC1CCN(C(C)c2cnccn2)CC1. The van der Waals surface area contributed by atoms with Crippen molar-refractivity contribution in [3.05, 3.63) is 24.3 Å². The van der Waals surface area contributed by atoms with Crippen molar-refractivity contribution < 1.29 is 0 Å². The quantitative estimate of drug-likeness (QED) is 0.863. The molecule has 1 atom stereocenters. The number of nitrogens with one attached hydrogen (secondary N) is 1. The first kappa shape index (κ1) is 13.4. The number of piperidine rings is 1. The molecule has 1 aliphatic rings. The van der Waals surface area contributed by atoms with Gasteiger partial charge in [0.25, 0.3) is 0 Å². The summed E-state index contributed by atoms with van der Waals surface area (Å²) in [5.41, 5.74) is 1.09. The predicted octanol–water partition coefficient (Wildman–Crippen LogP) is 1.86. The molecular weight excluding hydrogens is 224 g/mol. The van der Waals surface area contributed by atoms with Gasteiger partial charge in [0.15, 0.2) is 0 Å². The molecule has 0 aliphatic carbocycles. The van der Waals surface area contributed by atoms with Gasteiger partial charge in [-0.2, -0.15) is 0 Å². The smallest absolute Gasteiger partial charge is 0.0755 e. The van der Waals surface area contributed by atoms with Crippen LogP contribution in [-0.4, -0.2) is 41.0 Å². The van der Waals surface area contributed by atoms with Gasteiger partial charge in [0.1, 0.15) is 0 Å². The third kappa shape index (κ3) is 3.50. The maximum Gasteiger partial charge on any atom is 0.0755 e. The van der Waals surface area contributed by atoms with Crippen LogP contribution in [0.15, 0.2) is 18.6 Å². The maximum atomic E-state index is 4.41. The molecule has 1 N–H and O–H groups in total. The van der Waals surface area contributed by atoms with Crippen LogP contribution in [0.1, 0.15) is 38.4 Å². The maximum absolute atomic E-state index is 4.41. The minimum Gasteiger partial charge on any atom is -0.317 e. The summed E-state index contributed by atoms with van der Waals surface area (Å²) >= 11 is 0. The van der Waals surface area contributed by atoms with Gasteiger partial charge < -0.3 is 5.32 Å². The Kier molecular flexibility index (Phi) is 5.08. The van der Waals surface area contributed by atoms with E-state index in [0.717, 1.165) is 18.2 Å². The summed E-state index contributed by atoms with van der Waals surface area (Å²) < 4.78 is 0. The van der Waals surface area contributed by atoms with Gasteiger partial charge in [-0.1, -0.05) is 6.92 Å². The molecule has 2 rings (SSSR count). The highest BCUT2D eigenvalue weighted by Crippen LogP contribution is 2.24. The largest absolute Gasteiger partial charge is 0.317 e. The van der Waals surface area contributed by atoms with Crippen molar-refractivity contribution in [2.45, 2.75) is 32.7 Å². The normalized spacial score (nSPS) is 19.9. The molecule has 1 aromatic rings. The molecule has 0 amide bonds. The summed E-state index contributed by atoms with van der Waals surface area (Å²) in [5, 5.41) is 3.45. The Morgan fingerprint density at radius 2 is 2.17 bits per heavy atom. The van der Waals surface area contributed by atoms with Crippen LogP contribution in [0.5, 0.6) is 0 Å². The minimum atomic E-state index is 0.388. The molecule has 4 nitrogen and oxygen atoms in total. The average molecular weight is 248 g/mol. The Hall–Kier alpha value is -1.00. The molecule has 1 aromatic heterocycles. The zero-order chi connectivity index (χ0) is 12.8. The molecule has 1 unspecified atom stereocenters. The highest BCUT2D eigenvalue weighted by Gasteiger charge is 2.23. The first-order valence-corrected chi connectivity index (χ1v) is 7.02. The van der Waals surface area contributed by atoms with Crippen molar-refractivity contribution in [2.75, 3.05) is 26.2 Å². The van der Waals surface area contributed by atoms with Crippen molar-refractivity contribution in [3.63, 3.8) is 0 Å². The molecule has 18 heavy (non-hydrogen) atoms. The van der Waals surface area contributed by atoms with Crippen LogP contribution in [0.3, 0.4) is 0 Å². The van der Waals surface area contributed by atoms with Gasteiger partial charge >= 0.3 is 0 Å². The molecule has 2 heterocycles. The summed E-state index contributed by atoms with van der Waals surface area (Å²) in [6.07, 6.45) is 7.98. The summed E-state index contributed by atoms with van der Waals surface area (Å²) in [4.78, 5) is 11.1. The number of nitrogens with zero attached hydrogens (tertiary/aromatic N) is 3. The minimum absolute atomic E-state index is 0.388. The molecule has 0 saturated carbocycles. The van der Waals surface area contributed by atoms with Gasteiger partial charge in [-0.3, -0.25) is 14.9 Å². The lowest BCUT2D eigenvalue weighted by molar-refractivity contribution is 0.138. The van der Waals surface area contributed by atoms with Gasteiger partial charge in [-0.15, -0.1) is 0 Å². The molecular formula is C14H24N4. The fraction of sp³-hybridized carbons (Fsp3) is 0.714. The van der Waals surface area contributed by atoms with E-state index in [1.807, 2.05) is 6.20 Å². The Morgan fingerprint density at radius 1 is 1.39 bits per heavy atom. The third-order valence-electron chi connectivity index (χ3n) is 3.89. The topological polar surface area (TPSA) is 41.0 Å². The standard InChI is InChI=1S/C14H24N4/c1-3-15-10-13-4-8-18(9-5-13)12(2)14-11-16-6-7-17-14/h6-7,11-13,15H,3-5,8-10H2,1-2H3. The van der Waals surface area contributed by atoms with Crippen molar-refractivity contribution in [3.8, 4) is 0 Å². The van der Waals surface area contributed by atoms with Gasteiger partial charge in [0, 0.05) is 18.6 Å². The van der Waals surface area contributed by atoms with Crippen molar-refractivity contribution >= 4 is 0 Å². The summed E-state index contributed by atoms with van der Waals surface area (Å²) in [6.45, 7) is 9.00. The molecule has 0 aromatic carbocycles. The lowest BCUT2D eigenvalue weighted by atomic mass is 9.95. The van der Waals surface area contributed by atoms with Crippen LogP contribution in [0.25, 0.3) is 0 Å². The first-order chi connectivity index (χ1) is 8.81. The van der Waals surface area contributed by atoms with E-state index < -0.39 is 0 Å². The zero-order valence-electron chi connectivity index (χ0n) is 11.5. The Labute approximate surface area is 110 Å². The second-order valence-electron chi connectivity index (χ2n) is 5.09. The number of rotatable bonds is 5. The number of hydrogen-bond donors (Lipinski definition) is 1. The van der Waals surface area contributed by atoms with E-state index in [-0.39, 0.29) is 0 Å². The van der Waals surface area contributed by atoms with Crippen LogP contribution in [0.2, 0.25) is 0 Å². The summed E-state index contributed by atoms with van der Waals surface area (Å²) in [7, 11) is 0. The van der Waals surface area contributed by atoms with E-state index in [0.29, 0.717) is 6.04 Å². The number of likely N-dealkylation sites (tertiary alicyclic amines) is 1. The molecule has 1 fully saturated rings. The predicted molar refractivity (Wildman–Crippen MR) is 73.3 cm³/mol. The first-order valence-electron chi connectivity index (χ1n) is 7.02. The fourth-order valence-electron chi connectivity index (χ4n) is 2.61. The van der Waals surface area contributed by atoms with Gasteiger partial charge in [0.05, 0.1) is 11.7 Å². The second-order valence-corrected chi connectivity index (χ2v) is 5.09. The van der Waals surface area contributed by atoms with Crippen LogP contribution in [0, 0.1) is 5.92 Å². The molecule has 1 saturated heterocycles. The van der Waals surface area contributed by atoms with Crippen LogP contribution < -0.4 is 5.32 Å². The Morgan fingerprint density at radius 3 is 2.78 bits per heavy atom. The number of aromatic nitrogens is 2. The molecule has 4 heteroatoms. The van der Waals surface area contributed by atoms with Gasteiger partial charge in [-0.05, 0) is 51.9 Å². The highest BCUT2D eigenvalue weighted by atomic mass is 15.2. The summed E-state index contributed by atoms with van der Waals surface area (Å²) in [5.74, 6) is 0.843. The lowest BCUT2D eigenvalue weighted by Gasteiger charge is -2.35. The van der Waals surface area contributed by atoms with E-state index in [1.54, 1.807) is 12.4 Å². The van der Waals surface area contributed by atoms with E-state index in [4.69, 9.17) is 0 Å². The van der Waals surface area contributed by atoms with E-state index in [1.165, 1.54) is 32.5 Å². The molecule has 100 valence electrons. The van der Waals surface area contributed by atoms with Gasteiger partial charge in [0.2, 0.25) is 0 Å². The third-order valence-corrected chi connectivity index (χ3v) is 3.89. The van der Waals surface area contributed by atoms with E-state index >= 15 is 0 Å². The lowest BCUT2D eigenvalue weighted by Crippen LogP contribution is -2.38. The van der Waals surface area contributed by atoms with Crippen molar-refractivity contribution in [1.82, 2.24) is 20.2 Å². The molecule has 0 radical (unpaired) electrons. The fourth-order valence-corrected chi connectivity index (χ4v) is 2.61. The van der Waals surface area contributed by atoms with Crippen LogP contribution in [0.4, 0.5) is 0 Å². The monoisotopic (exact) mass is 248 g/mol. The zero-order valence-corrected chi connectivity index (χ0v) is 11.5. The van der Waals surface area contributed by atoms with Crippen LogP contribution >= 0.6 is 0 Å². The van der Waals surface area contributed by atoms with Crippen LogP contribution in [-0.2, 0) is 0 Å². The average Bonchev–Trinajstić information content (AvgIpc) is 2.46. The van der Waals surface area contributed by atoms with Crippen molar-refractivity contribution in [1.29, 1.82) is 0 Å². The molecule has 0 bridgehead atoms. The Bertz CT molecular complexity index is 333. The van der Waals surface area contributed by atoms with E-state index in [9.17, 15) is 0 Å². The summed E-state index contributed by atoms with van der Waals surface area (Å²) in [6, 6.07) is 0.388. The molecule has 0 spiro atoms.